The standard InChI is InChI=1S/C22H17N3O3/c1-27-17-9-11-18(12-10-17)28-20-14-8-15-7-13-19(23-21(15)25-20)24-22(26)16-5-3-2-4-6-16/h2-14H,1H3,(H,23,24,25,26). The first-order chi connectivity index (χ1) is 13.7. The molecule has 2 aromatic carbocycles. The van der Waals surface area contributed by atoms with Crippen LogP contribution in [0.2, 0.25) is 0 Å². The highest BCUT2D eigenvalue weighted by Gasteiger charge is 2.08. The van der Waals surface area contributed by atoms with Crippen molar-refractivity contribution in [1.82, 2.24) is 9.97 Å². The largest absolute Gasteiger partial charge is 0.497 e. The Morgan fingerprint density at radius 1 is 0.821 bits per heavy atom. The van der Waals surface area contributed by atoms with Gasteiger partial charge in [-0.25, -0.2) is 4.98 Å². The van der Waals surface area contributed by atoms with Gasteiger partial charge in [0.1, 0.15) is 17.3 Å². The van der Waals surface area contributed by atoms with Crippen molar-refractivity contribution in [1.29, 1.82) is 0 Å². The molecular formula is C22H17N3O3. The molecule has 1 amide bonds. The molecule has 4 rings (SSSR count). The summed E-state index contributed by atoms with van der Waals surface area (Å²) in [5, 5.41) is 3.63. The number of nitrogens with one attached hydrogen (secondary N) is 1. The number of hydrogen-bond donors (Lipinski definition) is 1. The number of ether oxygens (including phenoxy) is 2. The molecule has 2 aromatic heterocycles. The average molecular weight is 371 g/mol. The highest BCUT2D eigenvalue weighted by molar-refractivity contribution is 6.04. The van der Waals surface area contributed by atoms with Gasteiger partial charge in [0.05, 0.1) is 7.11 Å². The van der Waals surface area contributed by atoms with Gasteiger partial charge < -0.3 is 14.8 Å². The lowest BCUT2D eigenvalue weighted by Gasteiger charge is -2.08. The molecule has 0 spiro atoms. The minimum Gasteiger partial charge on any atom is -0.497 e. The van der Waals surface area contributed by atoms with Crippen LogP contribution in [0.25, 0.3) is 11.0 Å². The Balaban J connectivity index is 1.55. The van der Waals surface area contributed by atoms with E-state index >= 15 is 0 Å². The second-order valence-corrected chi connectivity index (χ2v) is 5.99. The normalized spacial score (nSPS) is 10.5. The number of anilines is 1. The number of fused-ring (bicyclic) bond motifs is 1. The summed E-state index contributed by atoms with van der Waals surface area (Å²) < 4.78 is 10.9. The summed E-state index contributed by atoms with van der Waals surface area (Å²) in [4.78, 5) is 21.2. The minimum atomic E-state index is -0.224. The number of hydrogen-bond acceptors (Lipinski definition) is 5. The fourth-order valence-electron chi connectivity index (χ4n) is 2.65. The summed E-state index contributed by atoms with van der Waals surface area (Å²) in [6.07, 6.45) is 0. The third-order valence-corrected chi connectivity index (χ3v) is 4.09. The Morgan fingerprint density at radius 2 is 1.54 bits per heavy atom. The van der Waals surface area contributed by atoms with E-state index in [0.717, 1.165) is 11.1 Å². The van der Waals surface area contributed by atoms with Crippen molar-refractivity contribution in [3.63, 3.8) is 0 Å². The number of pyridine rings is 2. The van der Waals surface area contributed by atoms with Gasteiger partial charge in [-0.1, -0.05) is 18.2 Å². The van der Waals surface area contributed by atoms with Crippen molar-refractivity contribution < 1.29 is 14.3 Å². The number of aromatic nitrogens is 2. The van der Waals surface area contributed by atoms with Gasteiger partial charge in [-0.2, -0.15) is 4.98 Å². The molecule has 0 fully saturated rings. The first kappa shape index (κ1) is 17.5. The molecular weight excluding hydrogens is 354 g/mol. The van der Waals surface area contributed by atoms with Gasteiger partial charge in [0.25, 0.3) is 5.91 Å². The van der Waals surface area contributed by atoms with Gasteiger partial charge in [0, 0.05) is 17.0 Å². The smallest absolute Gasteiger partial charge is 0.256 e. The van der Waals surface area contributed by atoms with Crippen LogP contribution in [0, 0.1) is 0 Å². The molecule has 0 bridgehead atoms. The quantitative estimate of drug-likeness (QED) is 0.551. The Bertz CT molecular complexity index is 1110. The zero-order valence-electron chi connectivity index (χ0n) is 15.1. The fourth-order valence-corrected chi connectivity index (χ4v) is 2.65. The Kier molecular flexibility index (Phi) is 4.84. The maximum Gasteiger partial charge on any atom is 0.256 e. The number of amides is 1. The molecule has 6 heteroatoms. The summed E-state index contributed by atoms with van der Waals surface area (Å²) in [5.74, 6) is 2.01. The third kappa shape index (κ3) is 3.91. The SMILES string of the molecule is COc1ccc(Oc2ccc3ccc(NC(=O)c4ccccc4)nc3n2)cc1. The van der Waals surface area contributed by atoms with Crippen LogP contribution in [-0.2, 0) is 0 Å². The molecule has 6 nitrogen and oxygen atoms in total. The highest BCUT2D eigenvalue weighted by atomic mass is 16.5. The molecule has 0 saturated carbocycles. The van der Waals surface area contributed by atoms with E-state index in [4.69, 9.17) is 9.47 Å². The van der Waals surface area contributed by atoms with Gasteiger partial charge in [-0.3, -0.25) is 4.79 Å². The minimum absolute atomic E-state index is 0.224. The van der Waals surface area contributed by atoms with Crippen LogP contribution in [0.15, 0.2) is 78.9 Å². The average Bonchev–Trinajstić information content (AvgIpc) is 2.74. The summed E-state index contributed by atoms with van der Waals surface area (Å²) in [5.41, 5.74) is 1.05. The summed E-state index contributed by atoms with van der Waals surface area (Å²) >= 11 is 0. The first-order valence-electron chi connectivity index (χ1n) is 8.67. The van der Waals surface area contributed by atoms with Crippen LogP contribution in [0.5, 0.6) is 17.4 Å². The molecule has 1 N–H and O–H groups in total. The maximum absolute atomic E-state index is 12.3. The van der Waals surface area contributed by atoms with Crippen LogP contribution in [0.4, 0.5) is 5.82 Å². The highest BCUT2D eigenvalue weighted by Crippen LogP contribution is 2.24. The Morgan fingerprint density at radius 3 is 2.29 bits per heavy atom. The van der Waals surface area contributed by atoms with E-state index in [9.17, 15) is 4.79 Å². The molecule has 0 aliphatic heterocycles. The van der Waals surface area contributed by atoms with Crippen molar-refractivity contribution in [3.05, 3.63) is 84.4 Å². The fraction of sp³-hybridized carbons (Fsp3) is 0.0455. The monoisotopic (exact) mass is 371 g/mol. The second-order valence-electron chi connectivity index (χ2n) is 5.99. The van der Waals surface area contributed by atoms with Crippen molar-refractivity contribution >= 4 is 22.8 Å². The van der Waals surface area contributed by atoms with Crippen LogP contribution in [-0.4, -0.2) is 23.0 Å². The van der Waals surface area contributed by atoms with E-state index in [0.29, 0.717) is 28.7 Å². The van der Waals surface area contributed by atoms with Crippen molar-refractivity contribution in [3.8, 4) is 17.4 Å². The molecule has 28 heavy (non-hydrogen) atoms. The van der Waals surface area contributed by atoms with E-state index in [2.05, 4.69) is 15.3 Å². The molecule has 0 saturated heterocycles. The van der Waals surface area contributed by atoms with Crippen molar-refractivity contribution in [2.75, 3.05) is 12.4 Å². The number of nitrogens with zero attached hydrogens (tertiary/aromatic N) is 2. The van der Waals surface area contributed by atoms with Crippen molar-refractivity contribution in [2.45, 2.75) is 0 Å². The van der Waals surface area contributed by atoms with E-state index in [1.165, 1.54) is 0 Å². The number of methoxy groups -OCH3 is 1. The lowest BCUT2D eigenvalue weighted by Crippen LogP contribution is -2.12. The topological polar surface area (TPSA) is 73.3 Å². The van der Waals surface area contributed by atoms with Gasteiger partial charge in [-0.05, 0) is 54.6 Å². The van der Waals surface area contributed by atoms with E-state index in [1.54, 1.807) is 43.5 Å². The van der Waals surface area contributed by atoms with E-state index < -0.39 is 0 Å². The molecule has 2 heterocycles. The number of carbonyl (C=O) groups is 1. The van der Waals surface area contributed by atoms with Crippen LogP contribution in [0.1, 0.15) is 10.4 Å². The summed E-state index contributed by atoms with van der Waals surface area (Å²) in [7, 11) is 1.61. The molecule has 0 radical (unpaired) electrons. The molecule has 0 aliphatic carbocycles. The Labute approximate surface area is 161 Å². The van der Waals surface area contributed by atoms with E-state index in [-0.39, 0.29) is 5.91 Å². The van der Waals surface area contributed by atoms with Gasteiger partial charge >= 0.3 is 0 Å². The summed E-state index contributed by atoms with van der Waals surface area (Å²) in [6, 6.07) is 23.4. The predicted octanol–water partition coefficient (Wildman–Crippen LogP) is 4.68. The lowest BCUT2D eigenvalue weighted by molar-refractivity contribution is 0.102. The molecule has 0 atom stereocenters. The number of benzene rings is 2. The second kappa shape index (κ2) is 7.75. The van der Waals surface area contributed by atoms with Gasteiger partial charge in [0.15, 0.2) is 5.65 Å². The Hall–Kier alpha value is -3.93. The third-order valence-electron chi connectivity index (χ3n) is 4.09. The predicted molar refractivity (Wildman–Crippen MR) is 107 cm³/mol. The molecule has 0 aliphatic rings. The van der Waals surface area contributed by atoms with Gasteiger partial charge in [0.2, 0.25) is 5.88 Å². The zero-order valence-corrected chi connectivity index (χ0v) is 15.1. The summed E-state index contributed by atoms with van der Waals surface area (Å²) in [6.45, 7) is 0. The van der Waals surface area contributed by atoms with Crippen LogP contribution in [0.3, 0.4) is 0 Å². The first-order valence-corrected chi connectivity index (χ1v) is 8.67. The van der Waals surface area contributed by atoms with Crippen molar-refractivity contribution in [2.24, 2.45) is 0 Å². The zero-order chi connectivity index (χ0) is 19.3. The van der Waals surface area contributed by atoms with Crippen LogP contribution >= 0.6 is 0 Å². The lowest BCUT2D eigenvalue weighted by atomic mass is 10.2. The van der Waals surface area contributed by atoms with Gasteiger partial charge in [-0.15, -0.1) is 0 Å². The molecule has 4 aromatic rings. The number of rotatable bonds is 5. The maximum atomic E-state index is 12.3. The van der Waals surface area contributed by atoms with Crippen LogP contribution < -0.4 is 14.8 Å². The van der Waals surface area contributed by atoms with E-state index in [1.807, 2.05) is 42.5 Å². The molecule has 138 valence electrons. The number of carbonyl (C=O) groups excluding carboxylic acids is 1. The molecule has 0 unspecified atom stereocenters.